The molecule has 0 radical (unpaired) electrons. The molecule has 3 N–H and O–H groups in total. The van der Waals surface area contributed by atoms with Crippen molar-refractivity contribution in [1.29, 1.82) is 0 Å². The largest absolute Gasteiger partial charge is 0.490 e. The third-order valence-corrected chi connectivity index (χ3v) is 2.86. The molecule has 2 amide bonds. The molecule has 0 saturated heterocycles. The molecule has 9 heteroatoms. The van der Waals surface area contributed by atoms with Gasteiger partial charge >= 0.3 is 11.8 Å². The van der Waals surface area contributed by atoms with E-state index in [-0.39, 0.29) is 17.0 Å². The fourth-order valence-corrected chi connectivity index (χ4v) is 1.74. The van der Waals surface area contributed by atoms with E-state index in [2.05, 4.69) is 0 Å². The summed E-state index contributed by atoms with van der Waals surface area (Å²) in [6.07, 6.45) is -1.46. The van der Waals surface area contributed by atoms with Crippen molar-refractivity contribution < 1.29 is 24.4 Å². The standard InChI is InChI=1S/C13H17N3O6/c1-13(2,3)7-5-8(11(17)14-15-12(18)19)10(22-4)9(6-7)16(20)21/h5-6,15H,1-4H3,(H,14,17)(H,18,19). The van der Waals surface area contributed by atoms with Gasteiger partial charge in [-0.15, -0.1) is 0 Å². The molecule has 0 atom stereocenters. The average molecular weight is 311 g/mol. The van der Waals surface area contributed by atoms with E-state index in [1.807, 2.05) is 26.2 Å². The van der Waals surface area contributed by atoms with Gasteiger partial charge in [0.2, 0.25) is 5.75 Å². The van der Waals surface area contributed by atoms with Crippen molar-refractivity contribution in [2.75, 3.05) is 7.11 Å². The zero-order valence-electron chi connectivity index (χ0n) is 12.6. The van der Waals surface area contributed by atoms with Crippen LogP contribution >= 0.6 is 0 Å². The monoisotopic (exact) mass is 311 g/mol. The minimum Gasteiger partial charge on any atom is -0.490 e. The molecular weight excluding hydrogens is 294 g/mol. The number of benzene rings is 1. The highest BCUT2D eigenvalue weighted by Crippen LogP contribution is 2.36. The highest BCUT2D eigenvalue weighted by molar-refractivity contribution is 5.99. The SMILES string of the molecule is COc1c(C(=O)NNC(=O)O)cc(C(C)(C)C)cc1[N+](=O)[O-]. The van der Waals surface area contributed by atoms with Crippen molar-refractivity contribution in [3.63, 3.8) is 0 Å². The quantitative estimate of drug-likeness (QED) is 0.576. The van der Waals surface area contributed by atoms with Gasteiger partial charge in [0.05, 0.1) is 17.6 Å². The topological polar surface area (TPSA) is 131 Å². The number of carbonyl (C=O) groups is 2. The summed E-state index contributed by atoms with van der Waals surface area (Å²) < 4.78 is 4.96. The van der Waals surface area contributed by atoms with Crippen LogP contribution in [0.4, 0.5) is 10.5 Å². The van der Waals surface area contributed by atoms with Gasteiger partial charge in [-0.3, -0.25) is 20.3 Å². The number of methoxy groups -OCH3 is 1. The molecule has 9 nitrogen and oxygen atoms in total. The van der Waals surface area contributed by atoms with Crippen LogP contribution in [-0.2, 0) is 5.41 Å². The Morgan fingerprint density at radius 3 is 2.27 bits per heavy atom. The molecule has 1 rings (SSSR count). The summed E-state index contributed by atoms with van der Waals surface area (Å²) in [5.41, 5.74) is 3.22. The molecule has 0 unspecified atom stereocenters. The molecule has 1 aromatic carbocycles. The summed E-state index contributed by atoms with van der Waals surface area (Å²) in [6.45, 7) is 5.49. The number of nitrogens with one attached hydrogen (secondary N) is 2. The summed E-state index contributed by atoms with van der Waals surface area (Å²) >= 11 is 0. The maximum absolute atomic E-state index is 12.0. The molecule has 0 saturated carbocycles. The highest BCUT2D eigenvalue weighted by Gasteiger charge is 2.28. The first kappa shape index (κ1) is 17.2. The van der Waals surface area contributed by atoms with E-state index in [0.29, 0.717) is 5.56 Å². The van der Waals surface area contributed by atoms with E-state index in [4.69, 9.17) is 9.84 Å². The van der Waals surface area contributed by atoms with Crippen molar-refractivity contribution >= 4 is 17.7 Å². The number of carbonyl (C=O) groups excluding carboxylic acids is 1. The lowest BCUT2D eigenvalue weighted by Crippen LogP contribution is -2.41. The molecule has 0 aliphatic heterocycles. The van der Waals surface area contributed by atoms with Crippen molar-refractivity contribution in [3.8, 4) is 5.75 Å². The zero-order chi connectivity index (χ0) is 17.1. The van der Waals surface area contributed by atoms with Gasteiger partial charge in [0, 0.05) is 6.07 Å². The minimum atomic E-state index is -1.46. The second-order valence-corrected chi connectivity index (χ2v) is 5.47. The fourth-order valence-electron chi connectivity index (χ4n) is 1.74. The van der Waals surface area contributed by atoms with Crippen LogP contribution in [0, 0.1) is 10.1 Å². The first-order chi connectivity index (χ1) is 10.1. The van der Waals surface area contributed by atoms with E-state index in [1.54, 1.807) is 5.43 Å². The van der Waals surface area contributed by atoms with Gasteiger partial charge in [0.25, 0.3) is 5.91 Å². The third kappa shape index (κ3) is 3.84. The average Bonchev–Trinajstić information content (AvgIpc) is 2.41. The van der Waals surface area contributed by atoms with Gasteiger partial charge < -0.3 is 9.84 Å². The number of rotatable bonds is 3. The van der Waals surface area contributed by atoms with E-state index < -0.39 is 22.3 Å². The number of amides is 2. The van der Waals surface area contributed by atoms with E-state index in [9.17, 15) is 19.7 Å². The van der Waals surface area contributed by atoms with Crippen molar-refractivity contribution in [2.45, 2.75) is 26.2 Å². The lowest BCUT2D eigenvalue weighted by molar-refractivity contribution is -0.385. The Kier molecular flexibility index (Phi) is 4.92. The molecule has 1 aromatic rings. The predicted molar refractivity (Wildman–Crippen MR) is 77.0 cm³/mol. The first-order valence-corrected chi connectivity index (χ1v) is 6.24. The molecule has 120 valence electrons. The Balaban J connectivity index is 3.45. The normalized spacial score (nSPS) is 10.7. The molecule has 0 heterocycles. The van der Waals surface area contributed by atoms with Crippen molar-refractivity contribution in [3.05, 3.63) is 33.4 Å². The molecule has 0 aromatic heterocycles. The van der Waals surface area contributed by atoms with Crippen molar-refractivity contribution in [2.24, 2.45) is 0 Å². The van der Waals surface area contributed by atoms with Crippen LogP contribution < -0.4 is 15.6 Å². The van der Waals surface area contributed by atoms with Crippen LogP contribution in [0.5, 0.6) is 5.75 Å². The van der Waals surface area contributed by atoms with Gasteiger partial charge in [-0.2, -0.15) is 0 Å². The van der Waals surface area contributed by atoms with Gasteiger partial charge in [0.15, 0.2) is 0 Å². The third-order valence-electron chi connectivity index (χ3n) is 2.86. The Labute approximate surface area is 126 Å². The summed E-state index contributed by atoms with van der Waals surface area (Å²) in [5.74, 6) is -1.09. The Morgan fingerprint density at radius 2 is 1.86 bits per heavy atom. The lowest BCUT2D eigenvalue weighted by Gasteiger charge is -2.21. The Morgan fingerprint density at radius 1 is 1.27 bits per heavy atom. The van der Waals surface area contributed by atoms with Crippen LogP contribution in [0.1, 0.15) is 36.7 Å². The number of hydrogen-bond acceptors (Lipinski definition) is 5. The predicted octanol–water partition coefficient (Wildman–Crippen LogP) is 1.81. The molecule has 22 heavy (non-hydrogen) atoms. The van der Waals surface area contributed by atoms with Crippen LogP contribution in [0.2, 0.25) is 0 Å². The molecule has 0 bridgehead atoms. The Hall–Kier alpha value is -2.84. The number of nitro groups is 1. The summed E-state index contributed by atoms with van der Waals surface area (Å²) in [6, 6.07) is 2.77. The highest BCUT2D eigenvalue weighted by atomic mass is 16.6. The van der Waals surface area contributed by atoms with Gasteiger partial charge in [0.1, 0.15) is 0 Å². The van der Waals surface area contributed by atoms with Gasteiger partial charge in [-0.05, 0) is 17.0 Å². The first-order valence-electron chi connectivity index (χ1n) is 6.24. The molecule has 0 aliphatic rings. The van der Waals surface area contributed by atoms with Crippen LogP contribution in [0.15, 0.2) is 12.1 Å². The number of nitro benzene ring substituents is 1. The maximum atomic E-state index is 12.0. The van der Waals surface area contributed by atoms with Crippen LogP contribution in [0.3, 0.4) is 0 Å². The molecule has 0 spiro atoms. The fraction of sp³-hybridized carbons (Fsp3) is 0.385. The zero-order valence-corrected chi connectivity index (χ0v) is 12.6. The summed E-state index contributed by atoms with van der Waals surface area (Å²) in [7, 11) is 1.19. The van der Waals surface area contributed by atoms with Gasteiger partial charge in [-0.25, -0.2) is 10.2 Å². The van der Waals surface area contributed by atoms with E-state index >= 15 is 0 Å². The van der Waals surface area contributed by atoms with Crippen molar-refractivity contribution in [1.82, 2.24) is 10.9 Å². The number of hydrazine groups is 1. The van der Waals surface area contributed by atoms with Gasteiger partial charge in [-0.1, -0.05) is 20.8 Å². The second kappa shape index (κ2) is 6.29. The van der Waals surface area contributed by atoms with Crippen LogP contribution in [-0.4, -0.2) is 29.1 Å². The van der Waals surface area contributed by atoms with Crippen LogP contribution in [0.25, 0.3) is 0 Å². The molecule has 0 fully saturated rings. The Bertz CT molecular complexity index is 621. The summed E-state index contributed by atoms with van der Waals surface area (Å²) in [5, 5.41) is 19.7. The maximum Gasteiger partial charge on any atom is 0.423 e. The van der Waals surface area contributed by atoms with E-state index in [0.717, 1.165) is 0 Å². The summed E-state index contributed by atoms with van der Waals surface area (Å²) in [4.78, 5) is 33.0. The smallest absolute Gasteiger partial charge is 0.423 e. The lowest BCUT2D eigenvalue weighted by atomic mass is 9.85. The molecular formula is C13H17N3O6. The number of hydrogen-bond donors (Lipinski definition) is 3. The number of nitrogens with zero attached hydrogens (tertiary/aromatic N) is 1. The molecule has 0 aliphatic carbocycles. The number of ether oxygens (including phenoxy) is 1. The second-order valence-electron chi connectivity index (χ2n) is 5.47. The van der Waals surface area contributed by atoms with E-state index in [1.165, 1.54) is 19.2 Å². The minimum absolute atomic E-state index is 0.129. The number of carboxylic acid groups (broad SMARTS) is 1.